The SMILES string of the molecule is COc1cc2oc(=O)cc(CCBr)c2cc1OC. The van der Waals surface area contributed by atoms with Crippen molar-refractivity contribution in [3.63, 3.8) is 0 Å². The monoisotopic (exact) mass is 312 g/mol. The molecule has 96 valence electrons. The molecule has 0 saturated heterocycles. The third-order valence-electron chi connectivity index (χ3n) is 2.70. The molecule has 0 bridgehead atoms. The summed E-state index contributed by atoms with van der Waals surface area (Å²) in [5.41, 5.74) is 1.08. The first kappa shape index (κ1) is 13.0. The molecule has 0 fully saturated rings. The summed E-state index contributed by atoms with van der Waals surface area (Å²) in [4.78, 5) is 11.5. The Bertz CT molecular complexity index is 618. The van der Waals surface area contributed by atoms with Crippen LogP contribution in [0.5, 0.6) is 11.5 Å². The second-order valence-corrected chi connectivity index (χ2v) is 4.53. The molecule has 0 aliphatic heterocycles. The number of ether oxygens (including phenoxy) is 2. The van der Waals surface area contributed by atoms with Gasteiger partial charge >= 0.3 is 5.63 Å². The summed E-state index contributed by atoms with van der Waals surface area (Å²) in [5, 5.41) is 1.64. The van der Waals surface area contributed by atoms with Crippen LogP contribution in [0.25, 0.3) is 11.0 Å². The Hall–Kier alpha value is -1.49. The zero-order valence-electron chi connectivity index (χ0n) is 10.2. The molecule has 0 N–H and O–H groups in total. The first-order valence-corrected chi connectivity index (χ1v) is 6.56. The number of rotatable bonds is 4. The number of fused-ring (bicyclic) bond motifs is 1. The van der Waals surface area contributed by atoms with Crippen molar-refractivity contribution in [2.24, 2.45) is 0 Å². The number of methoxy groups -OCH3 is 2. The van der Waals surface area contributed by atoms with Gasteiger partial charge in [-0.05, 0) is 18.1 Å². The molecule has 18 heavy (non-hydrogen) atoms. The van der Waals surface area contributed by atoms with Crippen LogP contribution in [0, 0.1) is 0 Å². The average Bonchev–Trinajstić information content (AvgIpc) is 2.37. The lowest BCUT2D eigenvalue weighted by molar-refractivity contribution is 0.355. The quantitative estimate of drug-likeness (QED) is 0.643. The van der Waals surface area contributed by atoms with E-state index in [1.807, 2.05) is 6.07 Å². The molecule has 0 amide bonds. The molecular weight excluding hydrogens is 300 g/mol. The largest absolute Gasteiger partial charge is 0.493 e. The van der Waals surface area contributed by atoms with Crippen LogP contribution in [-0.2, 0) is 6.42 Å². The molecule has 1 aromatic heterocycles. The van der Waals surface area contributed by atoms with Crippen molar-refractivity contribution in [3.05, 3.63) is 34.2 Å². The lowest BCUT2D eigenvalue weighted by atomic mass is 10.1. The van der Waals surface area contributed by atoms with Crippen LogP contribution in [0.3, 0.4) is 0 Å². The summed E-state index contributed by atoms with van der Waals surface area (Å²) < 4.78 is 15.6. The number of hydrogen-bond donors (Lipinski definition) is 0. The minimum absolute atomic E-state index is 0.356. The van der Waals surface area contributed by atoms with Crippen LogP contribution in [-0.4, -0.2) is 19.5 Å². The van der Waals surface area contributed by atoms with Crippen molar-refractivity contribution in [2.75, 3.05) is 19.5 Å². The molecule has 0 saturated carbocycles. The number of hydrogen-bond acceptors (Lipinski definition) is 4. The molecule has 1 aromatic carbocycles. The van der Waals surface area contributed by atoms with Gasteiger partial charge in [0.05, 0.1) is 14.2 Å². The second-order valence-electron chi connectivity index (χ2n) is 3.73. The van der Waals surface area contributed by atoms with E-state index in [1.54, 1.807) is 20.3 Å². The van der Waals surface area contributed by atoms with E-state index in [-0.39, 0.29) is 5.63 Å². The molecular formula is C13H13BrO4. The Kier molecular flexibility index (Phi) is 3.91. The summed E-state index contributed by atoms with van der Waals surface area (Å²) in [7, 11) is 3.12. The van der Waals surface area contributed by atoms with Crippen molar-refractivity contribution in [2.45, 2.75) is 6.42 Å². The Balaban J connectivity index is 2.75. The minimum atomic E-state index is -0.356. The molecule has 0 atom stereocenters. The number of aryl methyl sites for hydroxylation is 1. The van der Waals surface area contributed by atoms with E-state index in [9.17, 15) is 4.79 Å². The Labute approximate surface area is 113 Å². The molecule has 5 heteroatoms. The van der Waals surface area contributed by atoms with Gasteiger partial charge in [-0.15, -0.1) is 0 Å². The van der Waals surface area contributed by atoms with E-state index in [2.05, 4.69) is 15.9 Å². The molecule has 0 aliphatic rings. The Morgan fingerprint density at radius 2 is 1.83 bits per heavy atom. The van der Waals surface area contributed by atoms with E-state index in [1.165, 1.54) is 6.07 Å². The highest BCUT2D eigenvalue weighted by molar-refractivity contribution is 9.09. The number of halogens is 1. The fraction of sp³-hybridized carbons (Fsp3) is 0.308. The molecule has 0 spiro atoms. The van der Waals surface area contributed by atoms with Gasteiger partial charge in [0.1, 0.15) is 5.58 Å². The van der Waals surface area contributed by atoms with E-state index >= 15 is 0 Å². The van der Waals surface area contributed by atoms with Crippen LogP contribution < -0.4 is 15.1 Å². The third kappa shape index (κ3) is 2.36. The average molecular weight is 313 g/mol. The van der Waals surface area contributed by atoms with Gasteiger partial charge in [-0.25, -0.2) is 4.79 Å². The predicted molar refractivity (Wildman–Crippen MR) is 73.1 cm³/mol. The fourth-order valence-electron chi connectivity index (χ4n) is 1.86. The van der Waals surface area contributed by atoms with E-state index in [0.29, 0.717) is 17.1 Å². The van der Waals surface area contributed by atoms with Crippen LogP contribution in [0.2, 0.25) is 0 Å². The van der Waals surface area contributed by atoms with Crippen LogP contribution in [0.1, 0.15) is 5.56 Å². The van der Waals surface area contributed by atoms with Gasteiger partial charge in [-0.2, -0.15) is 0 Å². The van der Waals surface area contributed by atoms with Crippen LogP contribution >= 0.6 is 15.9 Å². The van der Waals surface area contributed by atoms with Crippen LogP contribution in [0.15, 0.2) is 27.4 Å². The second kappa shape index (κ2) is 5.44. The standard InChI is InChI=1S/C13H13BrO4/c1-16-11-6-9-8(3-4-14)5-13(15)18-10(9)7-12(11)17-2/h5-7H,3-4H2,1-2H3. The van der Waals surface area contributed by atoms with Crippen LogP contribution in [0.4, 0.5) is 0 Å². The fourth-order valence-corrected chi connectivity index (χ4v) is 2.29. The zero-order valence-corrected chi connectivity index (χ0v) is 11.7. The maximum absolute atomic E-state index is 11.5. The predicted octanol–water partition coefficient (Wildman–Crippen LogP) is 2.75. The summed E-state index contributed by atoms with van der Waals surface area (Å²) in [6.45, 7) is 0. The normalized spacial score (nSPS) is 10.6. The summed E-state index contributed by atoms with van der Waals surface area (Å²) in [6.07, 6.45) is 0.748. The summed E-state index contributed by atoms with van der Waals surface area (Å²) in [6, 6.07) is 5.01. The van der Waals surface area contributed by atoms with Crippen molar-refractivity contribution < 1.29 is 13.9 Å². The van der Waals surface area contributed by atoms with E-state index < -0.39 is 0 Å². The highest BCUT2D eigenvalue weighted by Crippen LogP contribution is 2.33. The third-order valence-corrected chi connectivity index (χ3v) is 3.09. The Morgan fingerprint density at radius 1 is 1.17 bits per heavy atom. The molecule has 1 heterocycles. The molecule has 2 aromatic rings. The van der Waals surface area contributed by atoms with Gasteiger partial charge in [0.15, 0.2) is 11.5 Å². The molecule has 0 aliphatic carbocycles. The Morgan fingerprint density at radius 3 is 2.44 bits per heavy atom. The zero-order chi connectivity index (χ0) is 13.1. The van der Waals surface area contributed by atoms with Gasteiger partial charge in [0, 0.05) is 22.8 Å². The van der Waals surface area contributed by atoms with Gasteiger partial charge < -0.3 is 13.9 Å². The van der Waals surface area contributed by atoms with Gasteiger partial charge in [0.25, 0.3) is 0 Å². The van der Waals surface area contributed by atoms with Crippen molar-refractivity contribution in [1.29, 1.82) is 0 Å². The maximum Gasteiger partial charge on any atom is 0.336 e. The van der Waals surface area contributed by atoms with Crippen molar-refractivity contribution in [3.8, 4) is 11.5 Å². The topological polar surface area (TPSA) is 48.7 Å². The van der Waals surface area contributed by atoms with Gasteiger partial charge in [-0.3, -0.25) is 0 Å². The molecule has 4 nitrogen and oxygen atoms in total. The minimum Gasteiger partial charge on any atom is -0.493 e. The highest BCUT2D eigenvalue weighted by Gasteiger charge is 2.11. The van der Waals surface area contributed by atoms with E-state index in [0.717, 1.165) is 22.7 Å². The maximum atomic E-state index is 11.5. The smallest absolute Gasteiger partial charge is 0.336 e. The summed E-state index contributed by atoms with van der Waals surface area (Å²) in [5.74, 6) is 1.17. The molecule has 2 rings (SSSR count). The van der Waals surface area contributed by atoms with Crippen molar-refractivity contribution in [1.82, 2.24) is 0 Å². The van der Waals surface area contributed by atoms with E-state index in [4.69, 9.17) is 13.9 Å². The van der Waals surface area contributed by atoms with Crippen molar-refractivity contribution >= 4 is 26.9 Å². The van der Waals surface area contributed by atoms with Gasteiger partial charge in [0.2, 0.25) is 0 Å². The summed E-state index contributed by atoms with van der Waals surface area (Å²) >= 11 is 3.37. The molecule has 0 radical (unpaired) electrons. The molecule has 0 unspecified atom stereocenters. The first-order valence-electron chi connectivity index (χ1n) is 5.44. The number of benzene rings is 1. The lowest BCUT2D eigenvalue weighted by Crippen LogP contribution is -2.02. The van der Waals surface area contributed by atoms with Gasteiger partial charge in [-0.1, -0.05) is 15.9 Å². The first-order chi connectivity index (χ1) is 8.69. The number of alkyl halides is 1. The highest BCUT2D eigenvalue weighted by atomic mass is 79.9. The lowest BCUT2D eigenvalue weighted by Gasteiger charge is -2.10.